The van der Waals surface area contributed by atoms with Crippen LogP contribution in [0.5, 0.6) is 0 Å². The first-order valence-corrected chi connectivity index (χ1v) is 10.1. The van der Waals surface area contributed by atoms with Crippen molar-refractivity contribution in [1.82, 2.24) is 9.38 Å². The summed E-state index contributed by atoms with van der Waals surface area (Å²) < 4.78 is 7.06. The monoisotopic (exact) mass is 425 g/mol. The normalized spacial score (nSPS) is 15.2. The molecular formula is C21H16ClN3O3S. The highest BCUT2D eigenvalue weighted by atomic mass is 35.5. The van der Waals surface area contributed by atoms with Gasteiger partial charge in [0.1, 0.15) is 5.82 Å². The molecule has 3 aromatic rings. The summed E-state index contributed by atoms with van der Waals surface area (Å²) in [6, 6.07) is 7.40. The topological polar surface area (TPSA) is 86.7 Å². The van der Waals surface area contributed by atoms with E-state index in [0.29, 0.717) is 22.2 Å². The van der Waals surface area contributed by atoms with Crippen molar-refractivity contribution in [3.8, 4) is 11.3 Å². The van der Waals surface area contributed by atoms with Gasteiger partial charge in [0, 0.05) is 16.0 Å². The Labute approximate surface area is 175 Å². The van der Waals surface area contributed by atoms with E-state index in [-0.39, 0.29) is 22.9 Å². The first kappa shape index (κ1) is 19.2. The second-order valence-electron chi connectivity index (χ2n) is 6.22. The number of hydrogen-bond acceptors (Lipinski definition) is 6. The molecule has 1 aliphatic carbocycles. The standard InChI is InChI=1S/C21H16ClN3O3S/c1-2-28-18-10-12(7-8-17(18)26)9-14-19(23)25-16(11-29-21(25)24-20(14)27)13-5-3-4-6-15(13)22/h3-11H,2,23H2,1H3/b12-9+. The van der Waals surface area contributed by atoms with Crippen molar-refractivity contribution in [3.63, 3.8) is 0 Å². The molecule has 0 saturated carbocycles. The predicted octanol–water partition coefficient (Wildman–Crippen LogP) is 4.10. The molecule has 4 rings (SSSR count). The van der Waals surface area contributed by atoms with Crippen LogP contribution in [0.2, 0.25) is 5.02 Å². The summed E-state index contributed by atoms with van der Waals surface area (Å²) in [4.78, 5) is 29.1. The van der Waals surface area contributed by atoms with Gasteiger partial charge in [-0.25, -0.2) is 0 Å². The zero-order valence-electron chi connectivity index (χ0n) is 15.4. The molecular weight excluding hydrogens is 410 g/mol. The predicted molar refractivity (Wildman–Crippen MR) is 116 cm³/mol. The molecule has 2 N–H and O–H groups in total. The molecule has 0 atom stereocenters. The van der Waals surface area contributed by atoms with E-state index >= 15 is 0 Å². The molecule has 1 aromatic carbocycles. The Morgan fingerprint density at radius 2 is 2.07 bits per heavy atom. The number of ether oxygens (including phenoxy) is 1. The van der Waals surface area contributed by atoms with Gasteiger partial charge in [0.25, 0.3) is 5.56 Å². The Morgan fingerprint density at radius 1 is 1.28 bits per heavy atom. The number of allylic oxidation sites excluding steroid dienone is 4. The van der Waals surface area contributed by atoms with Gasteiger partial charge in [-0.1, -0.05) is 35.9 Å². The molecule has 1 aliphatic rings. The molecule has 2 aromatic heterocycles. The molecule has 0 aliphatic heterocycles. The number of nitrogen functional groups attached to an aromatic ring is 1. The number of carbonyl (C=O) groups excluding carboxylic acids is 1. The second kappa shape index (κ2) is 7.69. The summed E-state index contributed by atoms with van der Waals surface area (Å²) >= 11 is 7.66. The SMILES string of the molecule is CCOC1=C/C(=C/c2c(N)n3c(-c4ccccc4Cl)csc3nc2=O)C=CC1=O. The molecule has 0 bridgehead atoms. The van der Waals surface area contributed by atoms with Crippen LogP contribution < -0.4 is 11.3 Å². The van der Waals surface area contributed by atoms with Crippen molar-refractivity contribution >= 4 is 45.6 Å². The summed E-state index contributed by atoms with van der Waals surface area (Å²) in [7, 11) is 0. The molecule has 8 heteroatoms. The van der Waals surface area contributed by atoms with Crippen molar-refractivity contribution in [2.24, 2.45) is 0 Å². The van der Waals surface area contributed by atoms with E-state index < -0.39 is 5.56 Å². The zero-order chi connectivity index (χ0) is 20.5. The van der Waals surface area contributed by atoms with Crippen LogP contribution in [0.4, 0.5) is 5.82 Å². The molecule has 6 nitrogen and oxygen atoms in total. The van der Waals surface area contributed by atoms with Gasteiger partial charge in [-0.15, -0.1) is 11.3 Å². The number of carbonyl (C=O) groups is 1. The van der Waals surface area contributed by atoms with E-state index in [1.807, 2.05) is 23.6 Å². The van der Waals surface area contributed by atoms with Gasteiger partial charge in [-0.3, -0.25) is 14.0 Å². The number of fused-ring (bicyclic) bond motifs is 1. The summed E-state index contributed by atoms with van der Waals surface area (Å²) in [5.74, 6) is 0.252. The minimum atomic E-state index is -0.445. The maximum atomic E-state index is 12.6. The quantitative estimate of drug-likeness (QED) is 0.680. The third-order valence-corrected chi connectivity index (χ3v) is 5.54. The van der Waals surface area contributed by atoms with Crippen molar-refractivity contribution in [3.05, 3.63) is 80.1 Å². The van der Waals surface area contributed by atoms with E-state index in [1.165, 1.54) is 17.4 Å². The number of anilines is 1. The third kappa shape index (κ3) is 3.50. The fourth-order valence-electron chi connectivity index (χ4n) is 3.04. The third-order valence-electron chi connectivity index (χ3n) is 4.38. The average molecular weight is 426 g/mol. The number of thiazole rings is 1. The van der Waals surface area contributed by atoms with Gasteiger partial charge in [-0.05, 0) is 36.8 Å². The molecule has 146 valence electrons. The fraction of sp³-hybridized carbons (Fsp3) is 0.0952. The molecule has 29 heavy (non-hydrogen) atoms. The Morgan fingerprint density at radius 3 is 2.83 bits per heavy atom. The van der Waals surface area contributed by atoms with Crippen LogP contribution in [-0.4, -0.2) is 21.8 Å². The van der Waals surface area contributed by atoms with Crippen molar-refractivity contribution < 1.29 is 9.53 Å². The van der Waals surface area contributed by atoms with Gasteiger partial charge in [-0.2, -0.15) is 4.98 Å². The van der Waals surface area contributed by atoms with Crippen LogP contribution in [-0.2, 0) is 9.53 Å². The fourth-order valence-corrected chi connectivity index (χ4v) is 4.16. The van der Waals surface area contributed by atoms with Crippen LogP contribution in [0, 0.1) is 0 Å². The van der Waals surface area contributed by atoms with Gasteiger partial charge in [0.15, 0.2) is 10.7 Å². The lowest BCUT2D eigenvalue weighted by Gasteiger charge is -2.11. The molecule has 2 heterocycles. The Kier molecular flexibility index (Phi) is 5.08. The maximum absolute atomic E-state index is 12.6. The van der Waals surface area contributed by atoms with Crippen molar-refractivity contribution in [2.75, 3.05) is 12.3 Å². The molecule has 0 amide bonds. The van der Waals surface area contributed by atoms with E-state index in [4.69, 9.17) is 22.1 Å². The van der Waals surface area contributed by atoms with E-state index in [1.54, 1.807) is 35.6 Å². The lowest BCUT2D eigenvalue weighted by Crippen LogP contribution is -2.17. The van der Waals surface area contributed by atoms with Gasteiger partial charge >= 0.3 is 0 Å². The van der Waals surface area contributed by atoms with Crippen LogP contribution in [0.3, 0.4) is 0 Å². The first-order valence-electron chi connectivity index (χ1n) is 8.83. The lowest BCUT2D eigenvalue weighted by atomic mass is 10.0. The maximum Gasteiger partial charge on any atom is 0.283 e. The van der Waals surface area contributed by atoms with Gasteiger partial charge in [0.2, 0.25) is 5.78 Å². The summed E-state index contributed by atoms with van der Waals surface area (Å²) in [5, 5.41) is 2.44. The van der Waals surface area contributed by atoms with Crippen LogP contribution >= 0.6 is 22.9 Å². The minimum Gasteiger partial charge on any atom is -0.490 e. The van der Waals surface area contributed by atoms with Crippen LogP contribution in [0.1, 0.15) is 12.5 Å². The number of halogens is 1. The first-order chi connectivity index (χ1) is 14.0. The summed E-state index contributed by atoms with van der Waals surface area (Å²) in [6.07, 6.45) is 6.20. The van der Waals surface area contributed by atoms with Crippen molar-refractivity contribution in [1.29, 1.82) is 0 Å². The van der Waals surface area contributed by atoms with Crippen molar-refractivity contribution in [2.45, 2.75) is 6.92 Å². The molecule has 0 saturated heterocycles. The Hall–Kier alpha value is -3.16. The summed E-state index contributed by atoms with van der Waals surface area (Å²) in [6.45, 7) is 2.16. The van der Waals surface area contributed by atoms with E-state index in [9.17, 15) is 9.59 Å². The number of aromatic nitrogens is 2. The number of ketones is 1. The molecule has 0 spiro atoms. The largest absolute Gasteiger partial charge is 0.490 e. The van der Waals surface area contributed by atoms with Gasteiger partial charge < -0.3 is 10.5 Å². The lowest BCUT2D eigenvalue weighted by molar-refractivity contribution is -0.114. The van der Waals surface area contributed by atoms with Crippen LogP contribution in [0.25, 0.3) is 22.3 Å². The van der Waals surface area contributed by atoms with E-state index in [0.717, 1.165) is 11.3 Å². The van der Waals surface area contributed by atoms with E-state index in [2.05, 4.69) is 4.98 Å². The van der Waals surface area contributed by atoms with Crippen LogP contribution in [0.15, 0.2) is 64.0 Å². The number of nitrogens with zero attached hydrogens (tertiary/aromatic N) is 2. The Bertz CT molecular complexity index is 1280. The number of rotatable bonds is 4. The highest BCUT2D eigenvalue weighted by molar-refractivity contribution is 7.15. The molecule has 0 fully saturated rings. The van der Waals surface area contributed by atoms with Gasteiger partial charge in [0.05, 0.1) is 17.9 Å². The summed E-state index contributed by atoms with van der Waals surface area (Å²) in [5.41, 5.74) is 8.33. The Balaban J connectivity index is 1.90. The highest BCUT2D eigenvalue weighted by Crippen LogP contribution is 2.33. The second-order valence-corrected chi connectivity index (χ2v) is 7.46. The number of hydrogen-bond donors (Lipinski definition) is 1. The minimum absolute atomic E-state index is 0.221. The smallest absolute Gasteiger partial charge is 0.283 e. The molecule has 0 unspecified atom stereocenters. The number of nitrogens with two attached hydrogens (primary N) is 1. The highest BCUT2D eigenvalue weighted by Gasteiger charge is 2.17. The average Bonchev–Trinajstić information content (AvgIpc) is 3.11. The molecule has 0 radical (unpaired) electrons. The zero-order valence-corrected chi connectivity index (χ0v) is 17.0. The number of benzene rings is 1.